The van der Waals surface area contributed by atoms with E-state index in [0.717, 1.165) is 16.6 Å². The predicted molar refractivity (Wildman–Crippen MR) is 74.6 cm³/mol. The number of rotatable bonds is 1. The molecule has 0 bridgehead atoms. The molecule has 0 saturated heterocycles. The predicted octanol–water partition coefficient (Wildman–Crippen LogP) is 3.27. The maximum Gasteiger partial charge on any atom is 0.183 e. The Balaban J connectivity index is 2.41. The number of fused-ring (bicyclic) bond motifs is 1. The number of benzene rings is 2. The van der Waals surface area contributed by atoms with Crippen molar-refractivity contribution in [3.8, 4) is 5.69 Å². The van der Waals surface area contributed by atoms with E-state index < -0.39 is 0 Å². The van der Waals surface area contributed by atoms with Crippen molar-refractivity contribution in [2.24, 2.45) is 0 Å². The Morgan fingerprint density at radius 2 is 1.61 bits per heavy atom. The molecule has 0 fully saturated rings. The number of hydrogen-bond donors (Lipinski definition) is 1. The SMILES string of the molecule is N=c1c2ccccc2nc(Br)n1-c1ccccc1. The van der Waals surface area contributed by atoms with E-state index in [-0.39, 0.29) is 0 Å². The Kier molecular flexibility index (Phi) is 2.72. The van der Waals surface area contributed by atoms with Gasteiger partial charge in [-0.05, 0) is 40.2 Å². The molecule has 3 aromatic rings. The second-order valence-corrected chi connectivity index (χ2v) is 4.63. The molecule has 1 aromatic heterocycles. The number of nitrogens with zero attached hydrogens (tertiary/aromatic N) is 2. The van der Waals surface area contributed by atoms with Crippen molar-refractivity contribution in [2.75, 3.05) is 0 Å². The third-order valence-electron chi connectivity index (χ3n) is 2.79. The molecule has 0 aliphatic heterocycles. The van der Waals surface area contributed by atoms with Gasteiger partial charge < -0.3 is 0 Å². The minimum Gasteiger partial charge on any atom is -0.283 e. The van der Waals surface area contributed by atoms with Crippen LogP contribution in [0.2, 0.25) is 0 Å². The number of hydrogen-bond acceptors (Lipinski definition) is 2. The molecule has 1 heterocycles. The van der Waals surface area contributed by atoms with Gasteiger partial charge in [-0.25, -0.2) is 4.98 Å². The van der Waals surface area contributed by atoms with Crippen LogP contribution in [-0.2, 0) is 0 Å². The van der Waals surface area contributed by atoms with Crippen LogP contribution in [0.4, 0.5) is 0 Å². The van der Waals surface area contributed by atoms with E-state index in [0.29, 0.717) is 10.2 Å². The summed E-state index contributed by atoms with van der Waals surface area (Å²) in [5, 5.41) is 9.15. The van der Waals surface area contributed by atoms with Gasteiger partial charge in [0.15, 0.2) is 4.73 Å². The molecule has 3 rings (SSSR count). The molecule has 88 valence electrons. The Morgan fingerprint density at radius 1 is 0.944 bits per heavy atom. The second-order valence-electron chi connectivity index (χ2n) is 3.92. The molecule has 0 aliphatic carbocycles. The van der Waals surface area contributed by atoms with Gasteiger partial charge in [-0.2, -0.15) is 0 Å². The lowest BCUT2D eigenvalue weighted by atomic mass is 10.2. The summed E-state index contributed by atoms with van der Waals surface area (Å²) < 4.78 is 2.42. The highest BCUT2D eigenvalue weighted by Gasteiger charge is 2.07. The van der Waals surface area contributed by atoms with Crippen molar-refractivity contribution in [1.82, 2.24) is 9.55 Å². The maximum absolute atomic E-state index is 8.31. The molecule has 0 saturated carbocycles. The average molecular weight is 300 g/mol. The first-order valence-corrected chi connectivity index (χ1v) is 6.34. The highest BCUT2D eigenvalue weighted by Crippen LogP contribution is 2.16. The molecule has 0 spiro atoms. The van der Waals surface area contributed by atoms with E-state index in [1.54, 1.807) is 4.57 Å². The van der Waals surface area contributed by atoms with Crippen LogP contribution >= 0.6 is 15.9 Å². The standard InChI is InChI=1S/C14H10BrN3/c15-14-17-12-9-5-4-8-11(12)13(16)18(14)10-6-2-1-3-7-10/h1-9,16H. The summed E-state index contributed by atoms with van der Waals surface area (Å²) in [6.45, 7) is 0. The molecule has 0 unspecified atom stereocenters. The quantitative estimate of drug-likeness (QED) is 0.689. The van der Waals surface area contributed by atoms with Crippen molar-refractivity contribution >= 4 is 26.8 Å². The molecule has 3 nitrogen and oxygen atoms in total. The summed E-state index contributed by atoms with van der Waals surface area (Å²) in [6, 6.07) is 17.4. The van der Waals surface area contributed by atoms with Crippen LogP contribution < -0.4 is 5.49 Å². The van der Waals surface area contributed by atoms with Gasteiger partial charge in [0.25, 0.3) is 0 Å². The molecule has 4 heteroatoms. The minimum absolute atomic E-state index is 0.429. The summed E-state index contributed by atoms with van der Waals surface area (Å²) in [5.41, 5.74) is 2.17. The molecule has 2 aromatic carbocycles. The molecule has 0 radical (unpaired) electrons. The lowest BCUT2D eigenvalue weighted by molar-refractivity contribution is 0.879. The van der Waals surface area contributed by atoms with Crippen LogP contribution in [0.15, 0.2) is 59.3 Å². The molecule has 18 heavy (non-hydrogen) atoms. The van der Waals surface area contributed by atoms with E-state index in [4.69, 9.17) is 5.41 Å². The molecular weight excluding hydrogens is 290 g/mol. The first-order chi connectivity index (χ1) is 8.77. The van der Waals surface area contributed by atoms with Crippen LogP contribution in [0.25, 0.3) is 16.6 Å². The monoisotopic (exact) mass is 299 g/mol. The first-order valence-electron chi connectivity index (χ1n) is 5.55. The third kappa shape index (κ3) is 1.75. The van der Waals surface area contributed by atoms with Gasteiger partial charge in [-0.1, -0.05) is 30.3 Å². The van der Waals surface area contributed by atoms with Crippen molar-refractivity contribution < 1.29 is 0 Å². The van der Waals surface area contributed by atoms with E-state index in [1.807, 2.05) is 54.6 Å². The minimum atomic E-state index is 0.429. The smallest absolute Gasteiger partial charge is 0.183 e. The zero-order chi connectivity index (χ0) is 12.5. The number of halogens is 1. The molecule has 1 N–H and O–H groups in total. The van der Waals surface area contributed by atoms with Crippen LogP contribution in [0.1, 0.15) is 0 Å². The topological polar surface area (TPSA) is 41.7 Å². The van der Waals surface area contributed by atoms with Gasteiger partial charge in [0.1, 0.15) is 5.49 Å². The van der Waals surface area contributed by atoms with Crippen molar-refractivity contribution in [3.05, 3.63) is 64.8 Å². The average Bonchev–Trinajstić information content (AvgIpc) is 2.40. The third-order valence-corrected chi connectivity index (χ3v) is 3.33. The maximum atomic E-state index is 8.31. The van der Waals surface area contributed by atoms with Gasteiger partial charge in [-0.3, -0.25) is 9.98 Å². The Labute approximate surface area is 112 Å². The Morgan fingerprint density at radius 3 is 2.39 bits per heavy atom. The van der Waals surface area contributed by atoms with Gasteiger partial charge in [0.2, 0.25) is 0 Å². The zero-order valence-electron chi connectivity index (χ0n) is 9.47. The number of para-hydroxylation sites is 2. The van der Waals surface area contributed by atoms with Crippen molar-refractivity contribution in [1.29, 1.82) is 5.41 Å². The summed E-state index contributed by atoms with van der Waals surface area (Å²) in [4.78, 5) is 4.47. The van der Waals surface area contributed by atoms with Gasteiger partial charge >= 0.3 is 0 Å². The fraction of sp³-hybridized carbons (Fsp3) is 0. The van der Waals surface area contributed by atoms with E-state index in [9.17, 15) is 0 Å². The highest BCUT2D eigenvalue weighted by atomic mass is 79.9. The highest BCUT2D eigenvalue weighted by molar-refractivity contribution is 9.10. The Bertz CT molecular complexity index is 763. The summed E-state index contributed by atoms with van der Waals surface area (Å²) >= 11 is 3.44. The first kappa shape index (κ1) is 11.2. The van der Waals surface area contributed by atoms with E-state index >= 15 is 0 Å². The van der Waals surface area contributed by atoms with Crippen LogP contribution in [0.5, 0.6) is 0 Å². The van der Waals surface area contributed by atoms with Crippen molar-refractivity contribution in [2.45, 2.75) is 0 Å². The van der Waals surface area contributed by atoms with Gasteiger partial charge in [-0.15, -0.1) is 0 Å². The molecule has 0 amide bonds. The largest absolute Gasteiger partial charge is 0.283 e. The second kappa shape index (κ2) is 4.38. The van der Waals surface area contributed by atoms with Crippen molar-refractivity contribution in [3.63, 3.8) is 0 Å². The fourth-order valence-corrected chi connectivity index (χ4v) is 2.52. The van der Waals surface area contributed by atoms with Gasteiger partial charge in [0, 0.05) is 11.1 Å². The summed E-state index contributed by atoms with van der Waals surface area (Å²) in [6.07, 6.45) is 0. The summed E-state index contributed by atoms with van der Waals surface area (Å²) in [5.74, 6) is 0. The lowest BCUT2D eigenvalue weighted by Gasteiger charge is -2.10. The van der Waals surface area contributed by atoms with Crippen LogP contribution in [-0.4, -0.2) is 9.55 Å². The fourth-order valence-electron chi connectivity index (χ4n) is 1.95. The van der Waals surface area contributed by atoms with Crippen LogP contribution in [0.3, 0.4) is 0 Å². The molecule has 0 aliphatic rings. The number of nitrogens with one attached hydrogen (secondary N) is 1. The normalized spacial score (nSPS) is 10.7. The van der Waals surface area contributed by atoms with E-state index in [1.165, 1.54) is 0 Å². The zero-order valence-corrected chi connectivity index (χ0v) is 11.1. The molecule has 0 atom stereocenters. The number of aromatic nitrogens is 2. The van der Waals surface area contributed by atoms with E-state index in [2.05, 4.69) is 20.9 Å². The molecular formula is C14H10BrN3. The van der Waals surface area contributed by atoms with Crippen LogP contribution in [0, 0.1) is 5.41 Å². The lowest BCUT2D eigenvalue weighted by Crippen LogP contribution is -2.20. The summed E-state index contributed by atoms with van der Waals surface area (Å²) in [7, 11) is 0. The van der Waals surface area contributed by atoms with Gasteiger partial charge in [0.05, 0.1) is 5.52 Å². The Hall–Kier alpha value is -1.94.